The van der Waals surface area contributed by atoms with Gasteiger partial charge >= 0.3 is 0 Å². The van der Waals surface area contributed by atoms with Crippen molar-refractivity contribution in [1.82, 2.24) is 25.1 Å². The van der Waals surface area contributed by atoms with E-state index in [4.69, 9.17) is 4.52 Å². The smallest absolute Gasteiger partial charge is 0.254 e. The van der Waals surface area contributed by atoms with Crippen LogP contribution in [0.2, 0.25) is 0 Å². The zero-order valence-corrected chi connectivity index (χ0v) is 16.6. The van der Waals surface area contributed by atoms with Gasteiger partial charge in [0.2, 0.25) is 5.89 Å². The molecule has 3 aromatic heterocycles. The predicted octanol–water partition coefficient (Wildman–Crippen LogP) is 3.30. The Hall–Kier alpha value is -3.03. The van der Waals surface area contributed by atoms with Crippen molar-refractivity contribution in [2.75, 3.05) is 11.4 Å². The van der Waals surface area contributed by atoms with Gasteiger partial charge in [0.05, 0.1) is 6.04 Å². The lowest BCUT2D eigenvalue weighted by Gasteiger charge is -2.23. The lowest BCUT2D eigenvalue weighted by atomic mass is 10.2. The Labute approximate surface area is 163 Å². The van der Waals surface area contributed by atoms with E-state index in [2.05, 4.69) is 30.0 Å². The molecule has 4 heterocycles. The summed E-state index contributed by atoms with van der Waals surface area (Å²) in [6, 6.07) is 3.95. The number of hydrogen-bond donors (Lipinski definition) is 1. The van der Waals surface area contributed by atoms with Gasteiger partial charge in [0, 0.05) is 35.5 Å². The fraction of sp³-hybridized carbons (Fsp3) is 0.450. The molecular formula is C20H24N6O2. The lowest BCUT2D eigenvalue weighted by molar-refractivity contribution is 0.358. The predicted molar refractivity (Wildman–Crippen MR) is 105 cm³/mol. The van der Waals surface area contributed by atoms with Crippen LogP contribution in [0.4, 0.5) is 5.82 Å². The molecule has 1 saturated heterocycles. The molecule has 0 saturated carbocycles. The average Bonchev–Trinajstić information content (AvgIpc) is 3.35. The minimum atomic E-state index is -0.121. The van der Waals surface area contributed by atoms with Gasteiger partial charge in [-0.05, 0) is 38.8 Å². The van der Waals surface area contributed by atoms with Gasteiger partial charge in [-0.15, -0.1) is 0 Å². The molecule has 1 unspecified atom stereocenters. The first-order chi connectivity index (χ1) is 13.4. The summed E-state index contributed by atoms with van der Waals surface area (Å²) in [6.07, 6.45) is 3.76. The van der Waals surface area contributed by atoms with Gasteiger partial charge in [-0.2, -0.15) is 4.98 Å². The highest BCUT2D eigenvalue weighted by molar-refractivity contribution is 5.57. The molecule has 1 aliphatic rings. The topological polar surface area (TPSA) is 101 Å². The molecule has 8 nitrogen and oxygen atoms in total. The SMILES string of the molecule is Cc1nc(-c2ccc(N3CCCC3c3noc(C(C)C)n3)nc2)[nH]c(=O)c1C. The standard InChI is InChI=1S/C20H24N6O2/c1-11(2)20-24-18(25-28-20)15-6-5-9-26(15)16-8-7-14(10-21-16)17-22-13(4)12(3)19(27)23-17/h7-8,10-11,15H,5-6,9H2,1-4H3,(H,22,23,27). The van der Waals surface area contributed by atoms with Crippen molar-refractivity contribution >= 4 is 5.82 Å². The maximum Gasteiger partial charge on any atom is 0.254 e. The van der Waals surface area contributed by atoms with Gasteiger partial charge in [-0.3, -0.25) is 4.79 Å². The summed E-state index contributed by atoms with van der Waals surface area (Å²) in [5.74, 6) is 2.97. The Bertz CT molecular complexity index is 1040. The first-order valence-electron chi connectivity index (χ1n) is 9.58. The fourth-order valence-corrected chi connectivity index (χ4v) is 3.40. The van der Waals surface area contributed by atoms with Gasteiger partial charge in [0.1, 0.15) is 11.6 Å². The van der Waals surface area contributed by atoms with E-state index in [9.17, 15) is 4.79 Å². The van der Waals surface area contributed by atoms with Crippen molar-refractivity contribution < 1.29 is 4.52 Å². The molecule has 0 aromatic carbocycles. The quantitative estimate of drug-likeness (QED) is 0.741. The molecule has 0 aliphatic carbocycles. The molecule has 8 heteroatoms. The molecule has 3 aromatic rings. The van der Waals surface area contributed by atoms with Gasteiger partial charge in [-0.25, -0.2) is 9.97 Å². The molecule has 0 spiro atoms. The zero-order valence-electron chi connectivity index (χ0n) is 16.6. The number of rotatable bonds is 4. The molecule has 146 valence electrons. The van der Waals surface area contributed by atoms with E-state index in [1.54, 1.807) is 13.1 Å². The number of H-pyrrole nitrogens is 1. The summed E-state index contributed by atoms with van der Waals surface area (Å²) < 4.78 is 5.38. The first kappa shape index (κ1) is 18.3. The van der Waals surface area contributed by atoms with Crippen molar-refractivity contribution in [2.24, 2.45) is 0 Å². The Morgan fingerprint density at radius 2 is 2.07 bits per heavy atom. The molecule has 1 aliphatic heterocycles. The molecule has 1 atom stereocenters. The lowest BCUT2D eigenvalue weighted by Crippen LogP contribution is -2.24. The highest BCUT2D eigenvalue weighted by Gasteiger charge is 2.31. The third-order valence-electron chi connectivity index (χ3n) is 5.21. The first-order valence-corrected chi connectivity index (χ1v) is 9.58. The third kappa shape index (κ3) is 3.30. The second kappa shape index (κ2) is 7.18. The summed E-state index contributed by atoms with van der Waals surface area (Å²) in [7, 11) is 0. The van der Waals surface area contributed by atoms with Crippen LogP contribution in [-0.4, -0.2) is 31.6 Å². The van der Waals surface area contributed by atoms with Crippen molar-refractivity contribution in [3.05, 3.63) is 51.7 Å². The maximum atomic E-state index is 12.0. The van der Waals surface area contributed by atoms with Gasteiger partial charge in [0.15, 0.2) is 5.82 Å². The van der Waals surface area contributed by atoms with Crippen LogP contribution in [0.3, 0.4) is 0 Å². The average molecular weight is 380 g/mol. The van der Waals surface area contributed by atoms with Crippen LogP contribution in [0.1, 0.15) is 61.6 Å². The van der Waals surface area contributed by atoms with E-state index in [0.717, 1.165) is 36.5 Å². The van der Waals surface area contributed by atoms with E-state index >= 15 is 0 Å². The number of aryl methyl sites for hydroxylation is 1. The molecule has 0 bridgehead atoms. The maximum absolute atomic E-state index is 12.0. The van der Waals surface area contributed by atoms with E-state index < -0.39 is 0 Å². The fourth-order valence-electron chi connectivity index (χ4n) is 3.40. The summed E-state index contributed by atoms with van der Waals surface area (Å²) in [4.78, 5) is 30.7. The van der Waals surface area contributed by atoms with Crippen LogP contribution >= 0.6 is 0 Å². The molecular weight excluding hydrogens is 356 g/mol. The van der Waals surface area contributed by atoms with Crippen LogP contribution in [0.25, 0.3) is 11.4 Å². The molecule has 1 fully saturated rings. The van der Waals surface area contributed by atoms with Crippen molar-refractivity contribution in [1.29, 1.82) is 0 Å². The number of aromatic nitrogens is 5. The minimum absolute atomic E-state index is 0.0640. The number of nitrogens with one attached hydrogen (secondary N) is 1. The summed E-state index contributed by atoms with van der Waals surface area (Å²) in [5.41, 5.74) is 2.01. The van der Waals surface area contributed by atoms with Crippen LogP contribution < -0.4 is 10.5 Å². The van der Waals surface area contributed by atoms with Crippen molar-refractivity contribution in [3.63, 3.8) is 0 Å². The summed E-state index contributed by atoms with van der Waals surface area (Å²) in [5, 5.41) is 4.18. The molecule has 0 amide bonds. The van der Waals surface area contributed by atoms with E-state index in [-0.39, 0.29) is 17.5 Å². The summed E-state index contributed by atoms with van der Waals surface area (Å²) >= 11 is 0. The zero-order chi connectivity index (χ0) is 19.8. The third-order valence-corrected chi connectivity index (χ3v) is 5.21. The Balaban J connectivity index is 1.60. The van der Waals surface area contributed by atoms with E-state index in [1.807, 2.05) is 32.9 Å². The van der Waals surface area contributed by atoms with Crippen molar-refractivity contribution in [2.45, 2.75) is 52.5 Å². The second-order valence-electron chi connectivity index (χ2n) is 7.53. The van der Waals surface area contributed by atoms with Crippen LogP contribution in [0.15, 0.2) is 27.6 Å². The highest BCUT2D eigenvalue weighted by atomic mass is 16.5. The molecule has 0 radical (unpaired) electrons. The Kier molecular flexibility index (Phi) is 4.70. The van der Waals surface area contributed by atoms with Gasteiger partial charge in [0.25, 0.3) is 5.56 Å². The van der Waals surface area contributed by atoms with E-state index in [0.29, 0.717) is 23.1 Å². The van der Waals surface area contributed by atoms with Crippen LogP contribution in [-0.2, 0) is 0 Å². The van der Waals surface area contributed by atoms with Crippen molar-refractivity contribution in [3.8, 4) is 11.4 Å². The van der Waals surface area contributed by atoms with E-state index in [1.165, 1.54) is 0 Å². The van der Waals surface area contributed by atoms with Crippen LogP contribution in [0.5, 0.6) is 0 Å². The monoisotopic (exact) mass is 380 g/mol. The molecule has 1 N–H and O–H groups in total. The number of nitrogens with zero attached hydrogens (tertiary/aromatic N) is 5. The second-order valence-corrected chi connectivity index (χ2v) is 7.53. The number of hydrogen-bond acceptors (Lipinski definition) is 7. The minimum Gasteiger partial charge on any atom is -0.346 e. The Morgan fingerprint density at radius 3 is 2.71 bits per heavy atom. The largest absolute Gasteiger partial charge is 0.346 e. The number of anilines is 1. The number of aromatic amines is 1. The Morgan fingerprint density at radius 1 is 1.25 bits per heavy atom. The van der Waals surface area contributed by atoms with Gasteiger partial charge in [-0.1, -0.05) is 19.0 Å². The highest BCUT2D eigenvalue weighted by Crippen LogP contribution is 2.34. The normalized spacial score (nSPS) is 16.9. The molecule has 28 heavy (non-hydrogen) atoms. The molecule has 4 rings (SSSR count). The number of pyridine rings is 1. The van der Waals surface area contributed by atoms with Gasteiger partial charge < -0.3 is 14.4 Å². The van der Waals surface area contributed by atoms with Crippen LogP contribution in [0, 0.1) is 13.8 Å². The summed E-state index contributed by atoms with van der Waals surface area (Å²) in [6.45, 7) is 8.56.